The number of likely N-dealkylation sites (tertiary alicyclic amines) is 1. The van der Waals surface area contributed by atoms with E-state index in [0.717, 1.165) is 36.8 Å². The third kappa shape index (κ3) is 6.49. The SMILES string of the molecule is COc1cc(CN2CCCC(CCOS(C)(=O)=O)(c3ccc(Cl)c(Cl)c3)C2)cc(OC)c1OC. The number of nitrogens with zero attached hydrogens (tertiary/aromatic N) is 1. The van der Waals surface area contributed by atoms with E-state index in [4.69, 9.17) is 41.6 Å². The van der Waals surface area contributed by atoms with Gasteiger partial charge < -0.3 is 14.2 Å². The number of ether oxygens (including phenoxy) is 3. The third-order valence-electron chi connectivity index (χ3n) is 6.20. The summed E-state index contributed by atoms with van der Waals surface area (Å²) in [5, 5.41) is 0.961. The maximum atomic E-state index is 11.6. The van der Waals surface area contributed by atoms with Gasteiger partial charge in [-0.3, -0.25) is 9.08 Å². The van der Waals surface area contributed by atoms with Gasteiger partial charge in [0.25, 0.3) is 10.1 Å². The second-order valence-corrected chi connectivity index (χ2v) is 11.0. The fourth-order valence-corrected chi connectivity index (χ4v) is 5.33. The number of benzene rings is 2. The molecule has 7 nitrogen and oxygen atoms in total. The van der Waals surface area contributed by atoms with E-state index in [-0.39, 0.29) is 12.0 Å². The molecule has 2 aromatic rings. The van der Waals surface area contributed by atoms with Crippen LogP contribution in [0.2, 0.25) is 10.0 Å². The summed E-state index contributed by atoms with van der Waals surface area (Å²) in [6.07, 6.45) is 3.41. The Morgan fingerprint density at radius 1 is 1.00 bits per heavy atom. The van der Waals surface area contributed by atoms with Crippen molar-refractivity contribution in [1.82, 2.24) is 4.90 Å². The Morgan fingerprint density at radius 2 is 1.68 bits per heavy atom. The number of halogens is 2. The van der Waals surface area contributed by atoms with Crippen LogP contribution in [0.3, 0.4) is 0 Å². The first-order chi connectivity index (χ1) is 16.1. The quantitative estimate of drug-likeness (QED) is 0.402. The summed E-state index contributed by atoms with van der Waals surface area (Å²) in [7, 11) is 1.24. The molecule has 0 aliphatic carbocycles. The summed E-state index contributed by atoms with van der Waals surface area (Å²) in [6.45, 7) is 2.35. The molecule has 1 fully saturated rings. The number of methoxy groups -OCH3 is 3. The van der Waals surface area contributed by atoms with Crippen LogP contribution in [0.1, 0.15) is 30.4 Å². The smallest absolute Gasteiger partial charge is 0.264 e. The molecule has 1 aliphatic heterocycles. The van der Waals surface area contributed by atoms with E-state index >= 15 is 0 Å². The van der Waals surface area contributed by atoms with Crippen LogP contribution in [0.4, 0.5) is 0 Å². The van der Waals surface area contributed by atoms with E-state index in [1.165, 1.54) is 0 Å². The molecule has 10 heteroatoms. The largest absolute Gasteiger partial charge is 0.493 e. The third-order valence-corrected chi connectivity index (χ3v) is 7.53. The van der Waals surface area contributed by atoms with Crippen LogP contribution in [-0.2, 0) is 26.3 Å². The molecule has 1 saturated heterocycles. The van der Waals surface area contributed by atoms with Gasteiger partial charge in [-0.15, -0.1) is 0 Å². The molecule has 0 bridgehead atoms. The molecule has 0 spiro atoms. The van der Waals surface area contributed by atoms with Crippen LogP contribution < -0.4 is 14.2 Å². The van der Waals surface area contributed by atoms with Crippen molar-refractivity contribution in [3.63, 3.8) is 0 Å². The summed E-state index contributed by atoms with van der Waals surface area (Å²) < 4.78 is 44.7. The fraction of sp³-hybridized carbons (Fsp3) is 0.500. The fourth-order valence-electron chi connectivity index (χ4n) is 4.65. The predicted molar refractivity (Wildman–Crippen MR) is 134 cm³/mol. The summed E-state index contributed by atoms with van der Waals surface area (Å²) in [5.41, 5.74) is 1.71. The van der Waals surface area contributed by atoms with Crippen LogP contribution in [0.25, 0.3) is 0 Å². The molecule has 0 radical (unpaired) electrons. The molecular weight excluding hydrogens is 501 g/mol. The number of piperidine rings is 1. The first kappa shape index (κ1) is 26.9. The molecule has 34 heavy (non-hydrogen) atoms. The Balaban J connectivity index is 1.90. The highest BCUT2D eigenvalue weighted by Gasteiger charge is 2.37. The van der Waals surface area contributed by atoms with E-state index in [0.29, 0.717) is 46.8 Å². The molecule has 0 N–H and O–H groups in total. The van der Waals surface area contributed by atoms with E-state index in [2.05, 4.69) is 4.90 Å². The van der Waals surface area contributed by atoms with Gasteiger partial charge in [-0.2, -0.15) is 8.42 Å². The zero-order valence-electron chi connectivity index (χ0n) is 19.9. The van der Waals surface area contributed by atoms with Crippen molar-refractivity contribution < 1.29 is 26.8 Å². The average molecular weight is 532 g/mol. The molecule has 0 aromatic heterocycles. The van der Waals surface area contributed by atoms with Gasteiger partial charge in [-0.1, -0.05) is 29.3 Å². The second-order valence-electron chi connectivity index (χ2n) is 8.53. The van der Waals surface area contributed by atoms with Gasteiger partial charge in [0.2, 0.25) is 5.75 Å². The van der Waals surface area contributed by atoms with Crippen LogP contribution in [0, 0.1) is 0 Å². The molecule has 188 valence electrons. The number of hydrogen-bond donors (Lipinski definition) is 0. The first-order valence-electron chi connectivity index (χ1n) is 10.9. The normalized spacial score (nSPS) is 19.1. The van der Waals surface area contributed by atoms with Gasteiger partial charge in [0.15, 0.2) is 11.5 Å². The molecule has 1 atom stereocenters. The van der Waals surface area contributed by atoms with Gasteiger partial charge in [0, 0.05) is 18.5 Å². The summed E-state index contributed by atoms with van der Waals surface area (Å²) >= 11 is 12.5. The highest BCUT2D eigenvalue weighted by atomic mass is 35.5. The molecule has 0 amide bonds. The maximum Gasteiger partial charge on any atom is 0.264 e. The highest BCUT2D eigenvalue weighted by Crippen LogP contribution is 2.42. The van der Waals surface area contributed by atoms with Gasteiger partial charge >= 0.3 is 0 Å². The van der Waals surface area contributed by atoms with Crippen molar-refractivity contribution in [2.75, 3.05) is 47.3 Å². The monoisotopic (exact) mass is 531 g/mol. The Bertz CT molecular complexity index is 1090. The summed E-state index contributed by atoms with van der Waals surface area (Å²) in [5.74, 6) is 1.76. The van der Waals surface area contributed by atoms with Crippen LogP contribution in [0.5, 0.6) is 17.2 Å². The first-order valence-corrected chi connectivity index (χ1v) is 13.5. The van der Waals surface area contributed by atoms with Gasteiger partial charge in [0.1, 0.15) is 0 Å². The summed E-state index contributed by atoms with van der Waals surface area (Å²) in [6, 6.07) is 9.54. The van der Waals surface area contributed by atoms with E-state index in [1.807, 2.05) is 24.3 Å². The second kappa shape index (κ2) is 11.4. The molecular formula is C24H31Cl2NO6S. The van der Waals surface area contributed by atoms with Crippen molar-refractivity contribution in [3.05, 3.63) is 51.5 Å². The zero-order chi connectivity index (χ0) is 24.9. The lowest BCUT2D eigenvalue weighted by molar-refractivity contribution is 0.118. The lowest BCUT2D eigenvalue weighted by Crippen LogP contribution is -2.46. The van der Waals surface area contributed by atoms with Gasteiger partial charge in [0.05, 0.1) is 44.2 Å². The van der Waals surface area contributed by atoms with Crippen molar-refractivity contribution >= 4 is 33.3 Å². The lowest BCUT2D eigenvalue weighted by Gasteiger charge is -2.43. The Labute approximate surface area is 212 Å². The number of rotatable bonds is 10. The van der Waals surface area contributed by atoms with Crippen molar-refractivity contribution in [2.24, 2.45) is 0 Å². The predicted octanol–water partition coefficient (Wildman–Crippen LogP) is 4.92. The standard InChI is InChI=1S/C24H31Cl2NO6S/c1-30-21-12-17(13-22(31-2)23(21)32-3)15-27-10-5-8-24(16-27,9-11-33-34(4,28)29)18-6-7-19(25)20(26)14-18/h6-7,12-14H,5,8-11,15-16H2,1-4H3. The van der Waals surface area contributed by atoms with Gasteiger partial charge in [-0.05, 0) is 61.2 Å². The Morgan fingerprint density at radius 3 is 2.24 bits per heavy atom. The average Bonchev–Trinajstić information content (AvgIpc) is 2.79. The minimum atomic E-state index is -3.53. The Hall–Kier alpha value is -1.71. The van der Waals surface area contributed by atoms with Gasteiger partial charge in [-0.25, -0.2) is 0 Å². The molecule has 1 heterocycles. The topological polar surface area (TPSA) is 74.3 Å². The van der Waals surface area contributed by atoms with Crippen LogP contribution >= 0.6 is 23.2 Å². The summed E-state index contributed by atoms with van der Waals surface area (Å²) in [4.78, 5) is 2.34. The molecule has 1 aliphatic rings. The molecule has 0 saturated carbocycles. The van der Waals surface area contributed by atoms with Crippen molar-refractivity contribution in [1.29, 1.82) is 0 Å². The van der Waals surface area contributed by atoms with E-state index in [9.17, 15) is 8.42 Å². The van der Waals surface area contributed by atoms with Crippen LogP contribution in [-0.4, -0.2) is 60.6 Å². The molecule has 2 aromatic carbocycles. The Kier molecular flexibility index (Phi) is 8.98. The van der Waals surface area contributed by atoms with E-state index in [1.54, 1.807) is 27.4 Å². The van der Waals surface area contributed by atoms with Crippen molar-refractivity contribution in [2.45, 2.75) is 31.2 Å². The molecule has 1 unspecified atom stereocenters. The molecule has 3 rings (SSSR count). The maximum absolute atomic E-state index is 11.6. The van der Waals surface area contributed by atoms with Crippen molar-refractivity contribution in [3.8, 4) is 17.2 Å². The van der Waals surface area contributed by atoms with E-state index < -0.39 is 10.1 Å². The highest BCUT2D eigenvalue weighted by molar-refractivity contribution is 7.85. The number of hydrogen-bond acceptors (Lipinski definition) is 7. The zero-order valence-corrected chi connectivity index (χ0v) is 22.2. The minimum Gasteiger partial charge on any atom is -0.493 e. The lowest BCUT2D eigenvalue weighted by atomic mass is 9.72. The minimum absolute atomic E-state index is 0.0943. The van der Waals surface area contributed by atoms with Crippen LogP contribution in [0.15, 0.2) is 30.3 Å².